The van der Waals surface area contributed by atoms with Crippen molar-refractivity contribution in [3.63, 3.8) is 0 Å². The molecule has 1 aliphatic heterocycles. The zero-order valence-electron chi connectivity index (χ0n) is 11.6. The quantitative estimate of drug-likeness (QED) is 0.780. The first-order chi connectivity index (χ1) is 7.78. The Kier molecular flexibility index (Phi) is 4.95. The van der Waals surface area contributed by atoms with E-state index in [1.807, 2.05) is 7.05 Å². The topological polar surface area (TPSA) is 43.8 Å². The summed E-state index contributed by atoms with van der Waals surface area (Å²) in [6, 6.07) is 0. The van der Waals surface area contributed by atoms with Gasteiger partial charge in [-0.3, -0.25) is 4.79 Å². The molecular formula is C13H26N2O2. The molecule has 0 aliphatic carbocycles. The number of hydrogen-bond acceptors (Lipinski definition) is 3. The lowest BCUT2D eigenvalue weighted by Gasteiger charge is -2.29. The average Bonchev–Trinajstić information content (AvgIpc) is 2.47. The number of aliphatic hydroxyl groups excluding tert-OH is 1. The molecular weight excluding hydrogens is 216 g/mol. The number of carbonyl (C=O) groups excluding carboxylic acids is 1. The SMILES string of the molecule is CN(CC(O)CN1CCCC1=O)CC(C)(C)C. The van der Waals surface area contributed by atoms with Gasteiger partial charge in [-0.15, -0.1) is 0 Å². The summed E-state index contributed by atoms with van der Waals surface area (Å²) in [7, 11) is 2.01. The van der Waals surface area contributed by atoms with E-state index >= 15 is 0 Å². The van der Waals surface area contributed by atoms with Gasteiger partial charge in [0, 0.05) is 32.6 Å². The van der Waals surface area contributed by atoms with E-state index in [-0.39, 0.29) is 11.3 Å². The number of nitrogens with zero attached hydrogens (tertiary/aromatic N) is 2. The highest BCUT2D eigenvalue weighted by molar-refractivity contribution is 5.78. The Hall–Kier alpha value is -0.610. The molecule has 1 saturated heterocycles. The van der Waals surface area contributed by atoms with Crippen molar-refractivity contribution in [3.8, 4) is 0 Å². The Morgan fingerprint density at radius 3 is 2.59 bits per heavy atom. The molecule has 0 radical (unpaired) electrons. The molecule has 1 aliphatic rings. The molecule has 0 aromatic heterocycles. The minimum atomic E-state index is -0.440. The Balaban J connectivity index is 2.29. The van der Waals surface area contributed by atoms with E-state index in [2.05, 4.69) is 25.7 Å². The first kappa shape index (κ1) is 14.5. The molecule has 100 valence electrons. The Morgan fingerprint density at radius 2 is 2.12 bits per heavy atom. The van der Waals surface area contributed by atoms with Crippen molar-refractivity contribution in [2.45, 2.75) is 39.7 Å². The van der Waals surface area contributed by atoms with Gasteiger partial charge in [0.05, 0.1) is 6.10 Å². The van der Waals surface area contributed by atoms with E-state index in [1.165, 1.54) is 0 Å². The third-order valence-corrected chi connectivity index (χ3v) is 2.87. The van der Waals surface area contributed by atoms with E-state index in [0.29, 0.717) is 19.5 Å². The normalized spacial score (nSPS) is 19.2. The predicted molar refractivity (Wildman–Crippen MR) is 68.8 cm³/mol. The van der Waals surface area contributed by atoms with Crippen LogP contribution in [-0.4, -0.2) is 60.1 Å². The second-order valence-corrected chi connectivity index (χ2v) is 6.35. The van der Waals surface area contributed by atoms with E-state index in [4.69, 9.17) is 0 Å². The molecule has 0 bridgehead atoms. The van der Waals surface area contributed by atoms with Crippen molar-refractivity contribution in [1.82, 2.24) is 9.80 Å². The standard InChI is InChI=1S/C13H26N2O2/c1-13(2,3)10-14(4)8-11(16)9-15-7-5-6-12(15)17/h11,16H,5-10H2,1-4H3. The van der Waals surface area contributed by atoms with Gasteiger partial charge in [0.2, 0.25) is 5.91 Å². The number of aliphatic hydroxyl groups is 1. The van der Waals surface area contributed by atoms with Crippen LogP contribution >= 0.6 is 0 Å². The van der Waals surface area contributed by atoms with Gasteiger partial charge in [0.25, 0.3) is 0 Å². The summed E-state index contributed by atoms with van der Waals surface area (Å²) < 4.78 is 0. The summed E-state index contributed by atoms with van der Waals surface area (Å²) >= 11 is 0. The Morgan fingerprint density at radius 1 is 1.47 bits per heavy atom. The van der Waals surface area contributed by atoms with Crippen LogP contribution < -0.4 is 0 Å². The largest absolute Gasteiger partial charge is 0.390 e. The number of amides is 1. The molecule has 1 N–H and O–H groups in total. The number of carbonyl (C=O) groups is 1. The van der Waals surface area contributed by atoms with E-state index < -0.39 is 6.10 Å². The van der Waals surface area contributed by atoms with Crippen molar-refractivity contribution < 1.29 is 9.90 Å². The highest BCUT2D eigenvalue weighted by Gasteiger charge is 2.23. The molecule has 1 heterocycles. The van der Waals surface area contributed by atoms with Crippen LogP contribution in [0.5, 0.6) is 0 Å². The summed E-state index contributed by atoms with van der Waals surface area (Å²) in [5.41, 5.74) is 0.234. The molecule has 0 spiro atoms. The number of likely N-dealkylation sites (tertiary alicyclic amines) is 1. The van der Waals surface area contributed by atoms with E-state index in [1.54, 1.807) is 4.90 Å². The molecule has 17 heavy (non-hydrogen) atoms. The van der Waals surface area contributed by atoms with Crippen molar-refractivity contribution >= 4 is 5.91 Å². The lowest BCUT2D eigenvalue weighted by Crippen LogP contribution is -2.41. The van der Waals surface area contributed by atoms with Crippen LogP contribution in [0.15, 0.2) is 0 Å². The van der Waals surface area contributed by atoms with E-state index in [9.17, 15) is 9.90 Å². The molecule has 0 saturated carbocycles. The van der Waals surface area contributed by atoms with Gasteiger partial charge in [0.1, 0.15) is 0 Å². The Labute approximate surface area is 105 Å². The van der Waals surface area contributed by atoms with Crippen molar-refractivity contribution in [3.05, 3.63) is 0 Å². The van der Waals surface area contributed by atoms with Crippen LogP contribution in [0.2, 0.25) is 0 Å². The Bertz CT molecular complexity index is 261. The van der Waals surface area contributed by atoms with Crippen LogP contribution in [0.4, 0.5) is 0 Å². The molecule has 1 rings (SSSR count). The van der Waals surface area contributed by atoms with Crippen LogP contribution in [0.3, 0.4) is 0 Å². The molecule has 0 aromatic carbocycles. The maximum atomic E-state index is 11.4. The lowest BCUT2D eigenvalue weighted by atomic mass is 9.96. The minimum absolute atomic E-state index is 0.183. The van der Waals surface area contributed by atoms with Gasteiger partial charge in [-0.1, -0.05) is 20.8 Å². The average molecular weight is 242 g/mol. The predicted octanol–water partition coefficient (Wildman–Crippen LogP) is 0.948. The molecule has 1 fully saturated rings. The fraction of sp³-hybridized carbons (Fsp3) is 0.923. The second-order valence-electron chi connectivity index (χ2n) is 6.35. The van der Waals surface area contributed by atoms with Crippen LogP contribution in [-0.2, 0) is 4.79 Å². The van der Waals surface area contributed by atoms with Gasteiger partial charge in [0.15, 0.2) is 0 Å². The summed E-state index contributed by atoms with van der Waals surface area (Å²) in [6.07, 6.45) is 1.14. The van der Waals surface area contributed by atoms with Gasteiger partial charge in [-0.25, -0.2) is 0 Å². The van der Waals surface area contributed by atoms with Crippen molar-refractivity contribution in [2.24, 2.45) is 5.41 Å². The maximum Gasteiger partial charge on any atom is 0.222 e. The molecule has 4 nitrogen and oxygen atoms in total. The summed E-state index contributed by atoms with van der Waals surface area (Å²) in [5, 5.41) is 9.96. The molecule has 1 atom stereocenters. The summed E-state index contributed by atoms with van der Waals surface area (Å²) in [4.78, 5) is 15.3. The fourth-order valence-electron chi connectivity index (χ4n) is 2.44. The molecule has 4 heteroatoms. The molecule has 0 aromatic rings. The smallest absolute Gasteiger partial charge is 0.222 e. The number of β-amino-alcohol motifs (C(OH)–C–C–N with tert-alkyl or cyclic N) is 1. The summed E-state index contributed by atoms with van der Waals surface area (Å²) in [6.45, 7) is 9.39. The molecule has 1 amide bonds. The third kappa shape index (κ3) is 5.50. The number of hydrogen-bond donors (Lipinski definition) is 1. The van der Waals surface area contributed by atoms with Crippen LogP contribution in [0.1, 0.15) is 33.6 Å². The highest BCUT2D eigenvalue weighted by atomic mass is 16.3. The minimum Gasteiger partial charge on any atom is -0.390 e. The first-order valence-electron chi connectivity index (χ1n) is 6.42. The number of rotatable bonds is 5. The second kappa shape index (κ2) is 5.83. The van der Waals surface area contributed by atoms with Crippen LogP contribution in [0, 0.1) is 5.41 Å². The maximum absolute atomic E-state index is 11.4. The summed E-state index contributed by atoms with van der Waals surface area (Å²) in [5.74, 6) is 0.183. The van der Waals surface area contributed by atoms with Gasteiger partial charge in [-0.2, -0.15) is 0 Å². The third-order valence-electron chi connectivity index (χ3n) is 2.87. The van der Waals surface area contributed by atoms with E-state index in [0.717, 1.165) is 19.5 Å². The van der Waals surface area contributed by atoms with Crippen LogP contribution in [0.25, 0.3) is 0 Å². The van der Waals surface area contributed by atoms with Gasteiger partial charge in [-0.05, 0) is 18.9 Å². The van der Waals surface area contributed by atoms with Gasteiger partial charge >= 0.3 is 0 Å². The zero-order valence-corrected chi connectivity index (χ0v) is 11.6. The first-order valence-corrected chi connectivity index (χ1v) is 6.42. The lowest BCUT2D eigenvalue weighted by molar-refractivity contribution is -0.129. The molecule has 1 unspecified atom stereocenters. The van der Waals surface area contributed by atoms with Gasteiger partial charge < -0.3 is 14.9 Å². The van der Waals surface area contributed by atoms with Crippen molar-refractivity contribution in [2.75, 3.05) is 33.2 Å². The van der Waals surface area contributed by atoms with Crippen molar-refractivity contribution in [1.29, 1.82) is 0 Å². The fourth-order valence-corrected chi connectivity index (χ4v) is 2.44. The highest BCUT2D eigenvalue weighted by Crippen LogP contribution is 2.15. The zero-order chi connectivity index (χ0) is 13.1. The monoisotopic (exact) mass is 242 g/mol. The number of likely N-dealkylation sites (N-methyl/N-ethyl adjacent to an activating group) is 1.